The van der Waals surface area contributed by atoms with Crippen LogP contribution in [0.3, 0.4) is 0 Å². The lowest BCUT2D eigenvalue weighted by Crippen LogP contribution is -3.00. The Bertz CT molecular complexity index is 787. The number of ether oxygens (including phenoxy) is 1. The average molecular weight is 320 g/mol. The maximum atomic E-state index is 5.40. The number of rotatable bonds is 4. The van der Waals surface area contributed by atoms with Crippen molar-refractivity contribution in [1.82, 2.24) is 19.5 Å². The molecule has 116 valence electrons. The summed E-state index contributed by atoms with van der Waals surface area (Å²) in [6, 6.07) is 7.97. The molecule has 6 nitrogen and oxygen atoms in total. The Morgan fingerprint density at radius 2 is 2.00 bits per heavy atom. The van der Waals surface area contributed by atoms with Gasteiger partial charge in [-0.15, -0.1) is 0 Å². The first-order valence-electron chi connectivity index (χ1n) is 6.83. The van der Waals surface area contributed by atoms with E-state index in [-0.39, 0.29) is 12.4 Å². The number of hydrogen-bond acceptors (Lipinski definition) is 4. The lowest BCUT2D eigenvalue weighted by atomic mass is 10.2. The maximum absolute atomic E-state index is 5.40. The fourth-order valence-corrected chi connectivity index (χ4v) is 2.41. The number of imidazole rings is 1. The molecule has 22 heavy (non-hydrogen) atoms. The third kappa shape index (κ3) is 2.88. The highest BCUT2D eigenvalue weighted by atomic mass is 35.5. The number of aryl methyl sites for hydroxylation is 1. The van der Waals surface area contributed by atoms with Crippen LogP contribution in [0.2, 0.25) is 0 Å². The Labute approximate surface area is 135 Å². The third-order valence-corrected chi connectivity index (χ3v) is 3.41. The van der Waals surface area contributed by atoms with Crippen molar-refractivity contribution in [2.75, 3.05) is 14.2 Å². The molecular weight excluding hydrogens is 302 g/mol. The molecule has 3 rings (SSSR count). The Morgan fingerprint density at radius 1 is 1.23 bits per heavy atom. The van der Waals surface area contributed by atoms with Crippen LogP contribution in [0, 0.1) is 6.92 Å². The number of nitrogens with two attached hydrogens (primary N) is 1. The molecular formula is C15H18ClN5O. The van der Waals surface area contributed by atoms with E-state index in [4.69, 9.17) is 4.74 Å². The van der Waals surface area contributed by atoms with Crippen LogP contribution in [0.4, 0.5) is 5.82 Å². The van der Waals surface area contributed by atoms with E-state index in [0.29, 0.717) is 6.54 Å². The van der Waals surface area contributed by atoms with Gasteiger partial charge in [0.1, 0.15) is 11.6 Å². The van der Waals surface area contributed by atoms with Gasteiger partial charge in [-0.05, 0) is 13.0 Å². The Hall–Kier alpha value is -2.18. The Kier molecular flexibility index (Phi) is 4.95. The summed E-state index contributed by atoms with van der Waals surface area (Å²) in [5.74, 6) is 2.49. The molecule has 0 radical (unpaired) electrons. The monoisotopic (exact) mass is 319 g/mol. The minimum absolute atomic E-state index is 0. The lowest BCUT2D eigenvalue weighted by molar-refractivity contribution is -0.541. The van der Waals surface area contributed by atoms with Crippen LogP contribution in [-0.2, 0) is 6.54 Å². The second-order valence-corrected chi connectivity index (χ2v) is 4.80. The average Bonchev–Trinajstić information content (AvgIpc) is 2.90. The standard InChI is InChI=1S/C15H17N5O.ClH/c1-10-18-14(16-2)13-15(19-10)20(9-17-13)8-11-6-4-5-7-12(11)21-3;/h4-7,9H,8H2,1-3H3,(H,16,18,19);1H. The van der Waals surface area contributed by atoms with Crippen molar-refractivity contribution < 1.29 is 22.5 Å². The van der Waals surface area contributed by atoms with Crippen LogP contribution in [0.25, 0.3) is 11.2 Å². The van der Waals surface area contributed by atoms with Crippen LogP contribution < -0.4 is 22.5 Å². The van der Waals surface area contributed by atoms with Crippen LogP contribution in [-0.4, -0.2) is 33.7 Å². The molecule has 0 aliphatic carbocycles. The van der Waals surface area contributed by atoms with Gasteiger partial charge in [0.25, 0.3) is 5.82 Å². The smallest absolute Gasteiger partial charge is 0.256 e. The molecule has 0 aliphatic heterocycles. The van der Waals surface area contributed by atoms with Crippen molar-refractivity contribution in [2.45, 2.75) is 13.5 Å². The summed E-state index contributed by atoms with van der Waals surface area (Å²) in [6.07, 6.45) is 1.80. The van der Waals surface area contributed by atoms with E-state index in [0.717, 1.165) is 34.1 Å². The first-order valence-corrected chi connectivity index (χ1v) is 6.83. The molecule has 0 unspecified atom stereocenters. The van der Waals surface area contributed by atoms with Crippen molar-refractivity contribution in [1.29, 1.82) is 0 Å². The number of methoxy groups -OCH3 is 1. The molecule has 0 spiro atoms. The molecule has 0 fully saturated rings. The van der Waals surface area contributed by atoms with Crippen LogP contribution >= 0.6 is 0 Å². The minimum atomic E-state index is 0. The molecule has 1 aromatic carbocycles. The summed E-state index contributed by atoms with van der Waals surface area (Å²) in [5, 5.41) is 1.96. The Morgan fingerprint density at radius 3 is 2.73 bits per heavy atom. The predicted molar refractivity (Wildman–Crippen MR) is 79.7 cm³/mol. The molecule has 0 bridgehead atoms. The minimum Gasteiger partial charge on any atom is -1.00 e. The molecule has 7 heteroatoms. The molecule has 2 heterocycles. The van der Waals surface area contributed by atoms with Crippen molar-refractivity contribution in [3.05, 3.63) is 42.0 Å². The second-order valence-electron chi connectivity index (χ2n) is 4.80. The van der Waals surface area contributed by atoms with E-state index in [2.05, 4.69) is 15.0 Å². The van der Waals surface area contributed by atoms with Gasteiger partial charge in [-0.1, -0.05) is 18.2 Å². The number of fused-ring (bicyclic) bond motifs is 1. The topological polar surface area (TPSA) is 69.4 Å². The van der Waals surface area contributed by atoms with Gasteiger partial charge in [-0.2, -0.15) is 4.98 Å². The number of para-hydroxylation sites is 1. The van der Waals surface area contributed by atoms with Gasteiger partial charge in [0.2, 0.25) is 0 Å². The third-order valence-electron chi connectivity index (χ3n) is 3.41. The van der Waals surface area contributed by atoms with Gasteiger partial charge >= 0.3 is 0 Å². The molecule has 2 N–H and O–H groups in total. The van der Waals surface area contributed by atoms with Crippen LogP contribution in [0.1, 0.15) is 11.4 Å². The van der Waals surface area contributed by atoms with Gasteiger partial charge in [0, 0.05) is 5.56 Å². The molecule has 0 amide bonds. The zero-order chi connectivity index (χ0) is 14.8. The molecule has 3 aromatic rings. The summed E-state index contributed by atoms with van der Waals surface area (Å²) in [7, 11) is 3.64. The zero-order valence-corrected chi connectivity index (χ0v) is 13.5. The number of benzene rings is 1. The fraction of sp³-hybridized carbons (Fsp3) is 0.267. The maximum Gasteiger partial charge on any atom is 0.256 e. The van der Waals surface area contributed by atoms with Crippen molar-refractivity contribution >= 4 is 17.0 Å². The number of aromatic nitrogens is 4. The number of nitrogens with zero attached hydrogens (tertiary/aromatic N) is 4. The van der Waals surface area contributed by atoms with Crippen molar-refractivity contribution in [3.63, 3.8) is 0 Å². The highest BCUT2D eigenvalue weighted by Crippen LogP contribution is 2.21. The van der Waals surface area contributed by atoms with E-state index in [1.54, 1.807) is 13.4 Å². The Balaban J connectivity index is 0.00000176. The van der Waals surface area contributed by atoms with E-state index in [9.17, 15) is 0 Å². The summed E-state index contributed by atoms with van der Waals surface area (Å²) in [5.41, 5.74) is 2.78. The zero-order valence-electron chi connectivity index (χ0n) is 12.7. The summed E-state index contributed by atoms with van der Waals surface area (Å²) in [6.45, 7) is 2.56. The largest absolute Gasteiger partial charge is 1.00 e. The summed E-state index contributed by atoms with van der Waals surface area (Å²) in [4.78, 5) is 13.4. The highest BCUT2D eigenvalue weighted by molar-refractivity contribution is 5.78. The van der Waals surface area contributed by atoms with Crippen LogP contribution in [0.15, 0.2) is 30.6 Å². The van der Waals surface area contributed by atoms with Gasteiger partial charge in [0.15, 0.2) is 11.2 Å². The van der Waals surface area contributed by atoms with Gasteiger partial charge in [-0.3, -0.25) is 5.32 Å². The lowest BCUT2D eigenvalue weighted by Gasteiger charge is -2.09. The van der Waals surface area contributed by atoms with Gasteiger partial charge in [0.05, 0.1) is 27.0 Å². The van der Waals surface area contributed by atoms with Gasteiger partial charge < -0.3 is 21.7 Å². The molecule has 2 aromatic heterocycles. The molecule has 0 saturated carbocycles. The summed E-state index contributed by atoms with van der Waals surface area (Å²) >= 11 is 0. The summed E-state index contributed by atoms with van der Waals surface area (Å²) < 4.78 is 7.42. The van der Waals surface area contributed by atoms with Crippen LogP contribution in [0.5, 0.6) is 5.75 Å². The fourth-order valence-electron chi connectivity index (χ4n) is 2.41. The SMILES string of the molecule is C[NH2+]c1nc(C)nc2c1ncn2Cc1ccccc1OC.[Cl-]. The number of quaternary nitrogens is 1. The highest BCUT2D eigenvalue weighted by Gasteiger charge is 2.14. The first kappa shape index (κ1) is 16.2. The second kappa shape index (κ2) is 6.72. The van der Waals surface area contributed by atoms with E-state index in [1.165, 1.54) is 0 Å². The van der Waals surface area contributed by atoms with E-state index < -0.39 is 0 Å². The molecule has 0 aliphatic rings. The molecule has 0 saturated heterocycles. The van der Waals surface area contributed by atoms with Gasteiger partial charge in [-0.25, -0.2) is 9.97 Å². The number of hydrogen-bond donors (Lipinski definition) is 1. The molecule has 0 atom stereocenters. The normalized spacial score (nSPS) is 10.5. The quantitative estimate of drug-likeness (QED) is 0.605. The van der Waals surface area contributed by atoms with Crippen molar-refractivity contribution in [3.8, 4) is 5.75 Å². The number of halogens is 1. The predicted octanol–water partition coefficient (Wildman–Crippen LogP) is -1.98. The first-order chi connectivity index (χ1) is 10.2. The van der Waals surface area contributed by atoms with E-state index in [1.807, 2.05) is 48.1 Å². The van der Waals surface area contributed by atoms with E-state index >= 15 is 0 Å². The van der Waals surface area contributed by atoms with Crippen molar-refractivity contribution in [2.24, 2.45) is 0 Å².